The first-order valence-corrected chi connectivity index (χ1v) is 6.47. The third-order valence-corrected chi connectivity index (χ3v) is 3.30. The molecule has 1 aromatic heterocycles. The standard InChI is InChI=1S/C14H16ClN3O/c1-2-18-7-3-4-11(18)9-17-13-8-10(14(16)19)5-6-12(13)15/h3-8,17H,2,9H2,1H3,(H2,16,19). The predicted molar refractivity (Wildman–Crippen MR) is 77.4 cm³/mol. The molecule has 0 aliphatic rings. The molecule has 0 aliphatic carbocycles. The lowest BCUT2D eigenvalue weighted by Gasteiger charge is -2.11. The molecule has 0 radical (unpaired) electrons. The highest BCUT2D eigenvalue weighted by atomic mass is 35.5. The van der Waals surface area contributed by atoms with Gasteiger partial charge in [0.05, 0.1) is 17.3 Å². The van der Waals surface area contributed by atoms with Crippen molar-refractivity contribution in [2.24, 2.45) is 5.73 Å². The smallest absolute Gasteiger partial charge is 0.248 e. The molecule has 1 heterocycles. The van der Waals surface area contributed by atoms with Gasteiger partial charge in [0.15, 0.2) is 0 Å². The Morgan fingerprint density at radius 3 is 2.89 bits per heavy atom. The van der Waals surface area contributed by atoms with Crippen LogP contribution in [0.3, 0.4) is 0 Å². The molecule has 1 amide bonds. The number of halogens is 1. The summed E-state index contributed by atoms with van der Waals surface area (Å²) >= 11 is 6.09. The molecule has 0 fully saturated rings. The van der Waals surface area contributed by atoms with Crippen molar-refractivity contribution in [2.45, 2.75) is 20.0 Å². The first-order valence-electron chi connectivity index (χ1n) is 6.09. The van der Waals surface area contributed by atoms with Gasteiger partial charge >= 0.3 is 0 Å². The number of aryl methyl sites for hydroxylation is 1. The maximum Gasteiger partial charge on any atom is 0.248 e. The fourth-order valence-electron chi connectivity index (χ4n) is 1.92. The number of benzene rings is 1. The Morgan fingerprint density at radius 2 is 2.21 bits per heavy atom. The van der Waals surface area contributed by atoms with Crippen LogP contribution in [0.15, 0.2) is 36.5 Å². The Balaban J connectivity index is 2.15. The first kappa shape index (κ1) is 13.5. The molecule has 1 aromatic carbocycles. The van der Waals surface area contributed by atoms with Crippen molar-refractivity contribution >= 4 is 23.2 Å². The molecule has 0 bridgehead atoms. The Bertz CT molecular complexity index is 592. The molecule has 4 nitrogen and oxygen atoms in total. The van der Waals surface area contributed by atoms with Crippen LogP contribution in [0.2, 0.25) is 5.02 Å². The molecule has 2 rings (SSSR count). The molecule has 0 saturated heterocycles. The number of nitrogens with one attached hydrogen (secondary N) is 1. The van der Waals surface area contributed by atoms with E-state index in [1.54, 1.807) is 18.2 Å². The van der Waals surface area contributed by atoms with E-state index in [1.807, 2.05) is 18.3 Å². The Hall–Kier alpha value is -1.94. The third kappa shape index (κ3) is 3.09. The highest BCUT2D eigenvalue weighted by Gasteiger charge is 2.06. The van der Waals surface area contributed by atoms with Crippen LogP contribution in [0.4, 0.5) is 5.69 Å². The van der Waals surface area contributed by atoms with Crippen LogP contribution in [0.25, 0.3) is 0 Å². The molecule has 0 spiro atoms. The molecule has 0 saturated carbocycles. The second kappa shape index (κ2) is 5.80. The highest BCUT2D eigenvalue weighted by Crippen LogP contribution is 2.23. The minimum absolute atomic E-state index is 0.442. The molecule has 0 atom stereocenters. The summed E-state index contributed by atoms with van der Waals surface area (Å²) in [4.78, 5) is 11.1. The number of nitrogens with two attached hydrogens (primary N) is 1. The van der Waals surface area contributed by atoms with E-state index in [2.05, 4.69) is 16.8 Å². The van der Waals surface area contributed by atoms with Gasteiger partial charge in [-0.2, -0.15) is 0 Å². The van der Waals surface area contributed by atoms with Gasteiger partial charge < -0.3 is 15.6 Å². The molecule has 19 heavy (non-hydrogen) atoms. The van der Waals surface area contributed by atoms with Gasteiger partial charge in [0.1, 0.15) is 0 Å². The topological polar surface area (TPSA) is 60.1 Å². The number of carbonyl (C=O) groups is 1. The lowest BCUT2D eigenvalue weighted by atomic mass is 10.2. The second-order valence-electron chi connectivity index (χ2n) is 4.20. The van der Waals surface area contributed by atoms with Crippen LogP contribution in [0, 0.1) is 0 Å². The van der Waals surface area contributed by atoms with Gasteiger partial charge in [0, 0.05) is 24.0 Å². The van der Waals surface area contributed by atoms with E-state index in [0.29, 0.717) is 22.8 Å². The van der Waals surface area contributed by atoms with Crippen LogP contribution in [0.5, 0.6) is 0 Å². The minimum Gasteiger partial charge on any atom is -0.378 e. The average molecular weight is 278 g/mol. The molecule has 2 aromatic rings. The third-order valence-electron chi connectivity index (χ3n) is 2.98. The summed E-state index contributed by atoms with van der Waals surface area (Å²) in [6.07, 6.45) is 2.03. The van der Waals surface area contributed by atoms with Gasteiger partial charge in [-0.15, -0.1) is 0 Å². The maximum absolute atomic E-state index is 11.1. The van der Waals surface area contributed by atoms with Crippen molar-refractivity contribution in [3.63, 3.8) is 0 Å². The van der Waals surface area contributed by atoms with Crippen molar-refractivity contribution in [1.82, 2.24) is 4.57 Å². The maximum atomic E-state index is 11.1. The van der Waals surface area contributed by atoms with E-state index in [0.717, 1.165) is 12.2 Å². The Morgan fingerprint density at radius 1 is 1.42 bits per heavy atom. The summed E-state index contributed by atoms with van der Waals surface area (Å²) in [6.45, 7) is 3.64. The zero-order chi connectivity index (χ0) is 13.8. The van der Waals surface area contributed by atoms with E-state index in [-0.39, 0.29) is 0 Å². The Kier molecular flexibility index (Phi) is 4.12. The first-order chi connectivity index (χ1) is 9.11. The average Bonchev–Trinajstić information content (AvgIpc) is 2.85. The zero-order valence-electron chi connectivity index (χ0n) is 10.7. The van der Waals surface area contributed by atoms with Crippen molar-refractivity contribution in [2.75, 3.05) is 5.32 Å². The number of hydrogen-bond donors (Lipinski definition) is 2. The lowest BCUT2D eigenvalue weighted by molar-refractivity contribution is 0.100. The fourth-order valence-corrected chi connectivity index (χ4v) is 2.10. The molecular formula is C14H16ClN3O. The number of primary amides is 1. The van der Waals surface area contributed by atoms with Crippen molar-refractivity contribution < 1.29 is 4.79 Å². The van der Waals surface area contributed by atoms with E-state index in [4.69, 9.17) is 17.3 Å². The van der Waals surface area contributed by atoms with Gasteiger partial charge in [-0.3, -0.25) is 4.79 Å². The molecule has 3 N–H and O–H groups in total. The SMILES string of the molecule is CCn1cccc1CNc1cc(C(N)=O)ccc1Cl. The van der Waals surface area contributed by atoms with Crippen LogP contribution >= 0.6 is 11.6 Å². The van der Waals surface area contributed by atoms with Crippen LogP contribution in [-0.2, 0) is 13.1 Å². The normalized spacial score (nSPS) is 10.4. The van der Waals surface area contributed by atoms with Gasteiger partial charge in [-0.25, -0.2) is 0 Å². The van der Waals surface area contributed by atoms with E-state index < -0.39 is 5.91 Å². The fraction of sp³-hybridized carbons (Fsp3) is 0.214. The summed E-state index contributed by atoms with van der Waals surface area (Å²) in [5.41, 5.74) is 7.56. The zero-order valence-corrected chi connectivity index (χ0v) is 11.4. The van der Waals surface area contributed by atoms with E-state index >= 15 is 0 Å². The molecule has 0 unspecified atom stereocenters. The number of aromatic nitrogens is 1. The van der Waals surface area contributed by atoms with Gasteiger partial charge in [-0.05, 0) is 37.3 Å². The van der Waals surface area contributed by atoms with Crippen molar-refractivity contribution in [3.8, 4) is 0 Å². The minimum atomic E-state index is -0.461. The number of carbonyl (C=O) groups excluding carboxylic acids is 1. The summed E-state index contributed by atoms with van der Waals surface area (Å²) in [5.74, 6) is -0.461. The second-order valence-corrected chi connectivity index (χ2v) is 4.61. The van der Waals surface area contributed by atoms with E-state index in [9.17, 15) is 4.79 Å². The van der Waals surface area contributed by atoms with Gasteiger partial charge in [-0.1, -0.05) is 11.6 Å². The Labute approximate surface area is 117 Å². The molecule has 5 heteroatoms. The molecular weight excluding hydrogens is 262 g/mol. The van der Waals surface area contributed by atoms with Gasteiger partial charge in [0.2, 0.25) is 5.91 Å². The number of amides is 1. The number of anilines is 1. The number of hydrogen-bond acceptors (Lipinski definition) is 2. The summed E-state index contributed by atoms with van der Waals surface area (Å²) < 4.78 is 2.14. The van der Waals surface area contributed by atoms with Gasteiger partial charge in [0.25, 0.3) is 0 Å². The van der Waals surface area contributed by atoms with Crippen LogP contribution in [-0.4, -0.2) is 10.5 Å². The largest absolute Gasteiger partial charge is 0.378 e. The predicted octanol–water partition coefficient (Wildman–Crippen LogP) is 2.87. The van der Waals surface area contributed by atoms with Crippen molar-refractivity contribution in [3.05, 3.63) is 52.8 Å². The number of nitrogens with zero attached hydrogens (tertiary/aromatic N) is 1. The highest BCUT2D eigenvalue weighted by molar-refractivity contribution is 6.33. The van der Waals surface area contributed by atoms with E-state index in [1.165, 1.54) is 0 Å². The number of rotatable bonds is 5. The van der Waals surface area contributed by atoms with Crippen LogP contribution < -0.4 is 11.1 Å². The molecule has 0 aliphatic heterocycles. The lowest BCUT2D eigenvalue weighted by Crippen LogP contribution is -2.12. The summed E-state index contributed by atoms with van der Waals surface area (Å²) in [5, 5.41) is 3.79. The van der Waals surface area contributed by atoms with Crippen LogP contribution in [0.1, 0.15) is 23.0 Å². The quantitative estimate of drug-likeness (QED) is 0.883. The summed E-state index contributed by atoms with van der Waals surface area (Å²) in [6, 6.07) is 9.00. The monoisotopic (exact) mass is 277 g/mol. The van der Waals surface area contributed by atoms with Crippen molar-refractivity contribution in [1.29, 1.82) is 0 Å². The summed E-state index contributed by atoms with van der Waals surface area (Å²) in [7, 11) is 0. The molecule has 100 valence electrons.